The summed E-state index contributed by atoms with van der Waals surface area (Å²) in [6.07, 6.45) is 37.4. The lowest BCUT2D eigenvalue weighted by atomic mass is 10.1. The van der Waals surface area contributed by atoms with Gasteiger partial charge < -0.3 is 20.9 Å². The summed E-state index contributed by atoms with van der Waals surface area (Å²) in [5.74, 6) is -1.34. The lowest BCUT2D eigenvalue weighted by Crippen LogP contribution is -2.40. The molecule has 0 fully saturated rings. The Kier molecular flexibility index (Phi) is 30.8. The number of carboxylic acids is 1. The highest BCUT2D eigenvalue weighted by atomic mass is 16.5. The fourth-order valence-corrected chi connectivity index (χ4v) is 4.95. The van der Waals surface area contributed by atoms with Crippen LogP contribution in [0.4, 0.5) is 0 Å². The summed E-state index contributed by atoms with van der Waals surface area (Å²) in [5, 5.41) is 11.9. The molecule has 0 bridgehead atoms. The quantitative estimate of drug-likeness (QED) is 0.0399. The maximum Gasteiger partial charge on any atom is 0.326 e. The molecule has 0 aromatic rings. The monoisotopic (exact) mass is 630 g/mol. The lowest BCUT2D eigenvalue weighted by molar-refractivity contribution is -0.147. The molecule has 7 nitrogen and oxygen atoms in total. The maximum absolute atomic E-state index is 12.6. The molecule has 7 heteroatoms. The zero-order chi connectivity index (χ0) is 33.2. The van der Waals surface area contributed by atoms with Crippen LogP contribution in [0, 0.1) is 0 Å². The van der Waals surface area contributed by atoms with E-state index < -0.39 is 12.0 Å². The van der Waals surface area contributed by atoms with E-state index in [4.69, 9.17) is 10.5 Å². The minimum atomic E-state index is -1.02. The van der Waals surface area contributed by atoms with Crippen LogP contribution in [0.1, 0.15) is 155 Å². The van der Waals surface area contributed by atoms with Gasteiger partial charge in [-0.3, -0.25) is 9.59 Å². The molecule has 0 saturated carbocycles. The van der Waals surface area contributed by atoms with Gasteiger partial charge >= 0.3 is 11.9 Å². The van der Waals surface area contributed by atoms with Gasteiger partial charge in [-0.2, -0.15) is 0 Å². The van der Waals surface area contributed by atoms with Crippen LogP contribution in [0.2, 0.25) is 0 Å². The van der Waals surface area contributed by atoms with Crippen molar-refractivity contribution in [1.82, 2.24) is 5.32 Å². The molecule has 0 aliphatic carbocycles. The SMILES string of the molecule is CC/C=C\C/C=C\C/C=C\C/C=C\C(CCCCCCCC(=O)NC(CCCN)C(=O)O)OC(=O)CCCCCCCCCC. The smallest absolute Gasteiger partial charge is 0.326 e. The van der Waals surface area contributed by atoms with Gasteiger partial charge in [0.25, 0.3) is 0 Å². The second-order valence-electron chi connectivity index (χ2n) is 11.9. The fourth-order valence-electron chi connectivity index (χ4n) is 4.95. The maximum atomic E-state index is 12.6. The standard InChI is InChI=1S/C38H66N2O5/c1-3-5-7-9-11-13-14-15-16-19-23-28-34(45-37(42)32-26-22-17-12-10-8-6-4-2)29-24-20-18-21-25-31-36(41)40-35(38(43)44)30-27-33-39/h5,7,11,13,15-16,23,28,34-35H,3-4,6,8-10,12,14,17-22,24-27,29-33,39H2,1-2H3,(H,40,41)(H,43,44)/b7-5-,13-11-,16-15-,28-23-. The highest BCUT2D eigenvalue weighted by Crippen LogP contribution is 2.15. The number of nitrogens with one attached hydrogen (secondary N) is 1. The van der Waals surface area contributed by atoms with Crippen LogP contribution in [-0.2, 0) is 19.1 Å². The van der Waals surface area contributed by atoms with Crippen LogP contribution in [-0.4, -0.2) is 41.6 Å². The molecule has 0 rings (SSSR count). The van der Waals surface area contributed by atoms with Crippen molar-refractivity contribution in [2.45, 2.75) is 167 Å². The molecule has 2 atom stereocenters. The van der Waals surface area contributed by atoms with Crippen LogP contribution >= 0.6 is 0 Å². The summed E-state index contributed by atoms with van der Waals surface area (Å²) < 4.78 is 5.87. The van der Waals surface area contributed by atoms with Gasteiger partial charge in [-0.15, -0.1) is 0 Å². The molecule has 2 unspecified atom stereocenters. The highest BCUT2D eigenvalue weighted by molar-refractivity contribution is 5.83. The third kappa shape index (κ3) is 29.8. The normalized spacial score (nSPS) is 13.3. The number of unbranched alkanes of at least 4 members (excludes halogenated alkanes) is 11. The molecule has 0 spiro atoms. The van der Waals surface area contributed by atoms with Crippen molar-refractivity contribution >= 4 is 17.8 Å². The van der Waals surface area contributed by atoms with E-state index in [1.165, 1.54) is 38.5 Å². The minimum Gasteiger partial charge on any atom is -0.480 e. The van der Waals surface area contributed by atoms with Crippen molar-refractivity contribution in [3.05, 3.63) is 48.6 Å². The Balaban J connectivity index is 4.50. The summed E-state index contributed by atoms with van der Waals surface area (Å²) >= 11 is 0. The van der Waals surface area contributed by atoms with Crippen molar-refractivity contribution in [3.63, 3.8) is 0 Å². The molecule has 0 aromatic carbocycles. The summed E-state index contributed by atoms with van der Waals surface area (Å²) in [7, 11) is 0. The Bertz CT molecular complexity index is 849. The predicted octanol–water partition coefficient (Wildman–Crippen LogP) is 9.27. The molecule has 4 N–H and O–H groups in total. The van der Waals surface area contributed by atoms with E-state index in [1.807, 2.05) is 6.08 Å². The van der Waals surface area contributed by atoms with Crippen LogP contribution in [0.25, 0.3) is 0 Å². The number of amides is 1. The fraction of sp³-hybridized carbons (Fsp3) is 0.711. The van der Waals surface area contributed by atoms with Gasteiger partial charge in [-0.05, 0) is 76.8 Å². The van der Waals surface area contributed by atoms with E-state index in [0.29, 0.717) is 32.2 Å². The van der Waals surface area contributed by atoms with Gasteiger partial charge in [-0.1, -0.05) is 121 Å². The number of ether oxygens (including phenoxy) is 1. The van der Waals surface area contributed by atoms with Crippen molar-refractivity contribution in [2.24, 2.45) is 5.73 Å². The molecule has 258 valence electrons. The Hall–Kier alpha value is -2.67. The first-order valence-electron chi connectivity index (χ1n) is 18.0. The van der Waals surface area contributed by atoms with Crippen molar-refractivity contribution in [3.8, 4) is 0 Å². The number of esters is 1. The summed E-state index contributed by atoms with van der Waals surface area (Å²) in [5.41, 5.74) is 5.46. The summed E-state index contributed by atoms with van der Waals surface area (Å²) in [6, 6.07) is -0.866. The third-order valence-electron chi connectivity index (χ3n) is 7.64. The number of carbonyl (C=O) groups excluding carboxylic acids is 2. The number of rotatable bonds is 31. The van der Waals surface area contributed by atoms with E-state index >= 15 is 0 Å². The first kappa shape index (κ1) is 42.3. The molecule has 45 heavy (non-hydrogen) atoms. The topological polar surface area (TPSA) is 119 Å². The Labute approximate surface area is 275 Å². The third-order valence-corrected chi connectivity index (χ3v) is 7.64. The predicted molar refractivity (Wildman–Crippen MR) is 188 cm³/mol. The van der Waals surface area contributed by atoms with Gasteiger partial charge in [0.1, 0.15) is 12.1 Å². The first-order valence-corrected chi connectivity index (χ1v) is 18.0. The number of hydrogen-bond donors (Lipinski definition) is 3. The zero-order valence-electron chi connectivity index (χ0n) is 28.7. The van der Waals surface area contributed by atoms with Gasteiger partial charge in [0, 0.05) is 12.8 Å². The lowest BCUT2D eigenvalue weighted by Gasteiger charge is -2.15. The molecule has 0 saturated heterocycles. The average Bonchev–Trinajstić information content (AvgIpc) is 3.02. The number of allylic oxidation sites excluding steroid dienone is 7. The molecular formula is C38H66N2O5. The first-order chi connectivity index (χ1) is 21.9. The van der Waals surface area contributed by atoms with Gasteiger partial charge in [0.05, 0.1) is 0 Å². The Morgan fingerprint density at radius 2 is 1.20 bits per heavy atom. The number of hydrogen-bond acceptors (Lipinski definition) is 5. The van der Waals surface area contributed by atoms with Crippen LogP contribution in [0.5, 0.6) is 0 Å². The average molecular weight is 631 g/mol. The Morgan fingerprint density at radius 3 is 1.78 bits per heavy atom. The number of aliphatic carboxylic acids is 1. The van der Waals surface area contributed by atoms with Gasteiger partial charge in [-0.25, -0.2) is 4.79 Å². The van der Waals surface area contributed by atoms with Crippen LogP contribution in [0.3, 0.4) is 0 Å². The molecule has 1 amide bonds. The second-order valence-corrected chi connectivity index (χ2v) is 11.9. The van der Waals surface area contributed by atoms with Gasteiger partial charge in [0.15, 0.2) is 0 Å². The van der Waals surface area contributed by atoms with E-state index in [1.54, 1.807) is 0 Å². The van der Waals surface area contributed by atoms with Crippen molar-refractivity contribution in [2.75, 3.05) is 6.54 Å². The van der Waals surface area contributed by atoms with E-state index in [-0.39, 0.29) is 18.0 Å². The minimum absolute atomic E-state index is 0.106. The molecule has 0 aliphatic rings. The van der Waals surface area contributed by atoms with Crippen LogP contribution in [0.15, 0.2) is 48.6 Å². The number of carboxylic acid groups (broad SMARTS) is 1. The van der Waals surface area contributed by atoms with E-state index in [0.717, 1.165) is 77.0 Å². The molecule has 0 aliphatic heterocycles. The summed E-state index contributed by atoms with van der Waals surface area (Å²) in [6.45, 7) is 4.77. The van der Waals surface area contributed by atoms with Crippen LogP contribution < -0.4 is 11.1 Å². The molecule has 0 radical (unpaired) electrons. The van der Waals surface area contributed by atoms with E-state index in [2.05, 4.69) is 61.7 Å². The summed E-state index contributed by atoms with van der Waals surface area (Å²) in [4.78, 5) is 36.0. The van der Waals surface area contributed by atoms with Gasteiger partial charge in [0.2, 0.25) is 5.91 Å². The number of nitrogens with two attached hydrogens (primary N) is 1. The number of carbonyl (C=O) groups is 3. The largest absolute Gasteiger partial charge is 0.480 e. The highest BCUT2D eigenvalue weighted by Gasteiger charge is 2.18. The molecule has 0 aromatic heterocycles. The van der Waals surface area contributed by atoms with Crippen molar-refractivity contribution in [1.29, 1.82) is 0 Å². The van der Waals surface area contributed by atoms with E-state index in [9.17, 15) is 19.5 Å². The molecule has 0 heterocycles. The molecular weight excluding hydrogens is 564 g/mol. The zero-order valence-corrected chi connectivity index (χ0v) is 28.7. The Morgan fingerprint density at radius 1 is 0.667 bits per heavy atom. The second kappa shape index (κ2) is 32.7. The van der Waals surface area contributed by atoms with Crippen molar-refractivity contribution < 1.29 is 24.2 Å².